The summed E-state index contributed by atoms with van der Waals surface area (Å²) in [7, 11) is 5.46. The van der Waals surface area contributed by atoms with Crippen molar-refractivity contribution in [3.8, 4) is 5.75 Å². The quantitative estimate of drug-likeness (QED) is 0.587. The Kier molecular flexibility index (Phi) is 7.15. The van der Waals surface area contributed by atoms with Gasteiger partial charge in [-0.2, -0.15) is 4.98 Å². The molecule has 2 unspecified atom stereocenters. The average molecular weight is 439 g/mol. The van der Waals surface area contributed by atoms with E-state index in [0.717, 1.165) is 5.56 Å². The van der Waals surface area contributed by atoms with Gasteiger partial charge >= 0.3 is 6.09 Å². The number of rotatable bonds is 7. The molecule has 0 fully saturated rings. The van der Waals surface area contributed by atoms with Crippen molar-refractivity contribution in [3.63, 3.8) is 0 Å². The highest BCUT2D eigenvalue weighted by Gasteiger charge is 2.30. The number of amides is 1. The van der Waals surface area contributed by atoms with Crippen LogP contribution in [0.4, 0.5) is 4.79 Å². The van der Waals surface area contributed by atoms with Crippen molar-refractivity contribution in [2.24, 2.45) is 0 Å². The van der Waals surface area contributed by atoms with E-state index in [2.05, 4.69) is 15.5 Å². The normalized spacial score (nSPS) is 13.5. The van der Waals surface area contributed by atoms with Crippen molar-refractivity contribution in [2.75, 3.05) is 21.2 Å². The molecule has 8 nitrogen and oxygen atoms in total. The van der Waals surface area contributed by atoms with E-state index in [1.807, 2.05) is 73.6 Å². The molecule has 0 spiro atoms. The molecular formula is C24H30N4O4. The van der Waals surface area contributed by atoms with Crippen molar-refractivity contribution < 1.29 is 18.8 Å². The lowest BCUT2D eigenvalue weighted by atomic mass is 10.0. The maximum Gasteiger partial charge on any atom is 0.408 e. The second kappa shape index (κ2) is 9.82. The lowest BCUT2D eigenvalue weighted by Gasteiger charge is -2.23. The van der Waals surface area contributed by atoms with Gasteiger partial charge in [0, 0.05) is 5.56 Å². The molecule has 1 amide bonds. The first-order valence-electron chi connectivity index (χ1n) is 10.4. The van der Waals surface area contributed by atoms with E-state index < -0.39 is 17.7 Å². The monoisotopic (exact) mass is 438 g/mol. The summed E-state index contributed by atoms with van der Waals surface area (Å²) >= 11 is 0. The third-order valence-electron chi connectivity index (χ3n) is 4.69. The summed E-state index contributed by atoms with van der Waals surface area (Å²) in [6.07, 6.45) is -0.591. The number of aromatic nitrogens is 2. The maximum absolute atomic E-state index is 12.6. The van der Waals surface area contributed by atoms with Crippen molar-refractivity contribution in [1.29, 1.82) is 0 Å². The predicted molar refractivity (Wildman–Crippen MR) is 120 cm³/mol. The summed E-state index contributed by atoms with van der Waals surface area (Å²) in [4.78, 5) is 19.3. The molecule has 0 aliphatic carbocycles. The van der Waals surface area contributed by atoms with Crippen LogP contribution >= 0.6 is 0 Å². The van der Waals surface area contributed by atoms with Gasteiger partial charge in [-0.3, -0.25) is 4.90 Å². The zero-order valence-electron chi connectivity index (χ0n) is 19.3. The molecule has 1 heterocycles. The summed E-state index contributed by atoms with van der Waals surface area (Å²) in [5.41, 5.74) is 1.05. The Hall–Kier alpha value is -3.39. The minimum Gasteiger partial charge on any atom is -0.496 e. The van der Waals surface area contributed by atoms with Crippen LogP contribution in [0.25, 0.3) is 0 Å². The van der Waals surface area contributed by atoms with Crippen molar-refractivity contribution in [2.45, 2.75) is 38.5 Å². The molecule has 8 heteroatoms. The fourth-order valence-electron chi connectivity index (χ4n) is 3.38. The van der Waals surface area contributed by atoms with Crippen molar-refractivity contribution in [1.82, 2.24) is 20.4 Å². The highest BCUT2D eigenvalue weighted by atomic mass is 16.6. The second-order valence-electron chi connectivity index (χ2n) is 8.59. The largest absolute Gasteiger partial charge is 0.496 e. The van der Waals surface area contributed by atoms with E-state index in [4.69, 9.17) is 14.0 Å². The van der Waals surface area contributed by atoms with Crippen LogP contribution in [0.5, 0.6) is 5.75 Å². The SMILES string of the molecule is COc1ccccc1C(NC(=O)OC(C)(C)C)c1noc(C(c2ccccc2)N(C)C)n1. The van der Waals surface area contributed by atoms with Gasteiger partial charge in [0.15, 0.2) is 5.82 Å². The van der Waals surface area contributed by atoms with Crippen LogP contribution in [0, 0.1) is 0 Å². The van der Waals surface area contributed by atoms with Gasteiger partial charge in [0.05, 0.1) is 7.11 Å². The molecule has 1 aromatic heterocycles. The van der Waals surface area contributed by atoms with Gasteiger partial charge in [-0.25, -0.2) is 4.79 Å². The van der Waals surface area contributed by atoms with Crippen LogP contribution in [0.1, 0.15) is 55.7 Å². The molecule has 1 N–H and O–H groups in total. The van der Waals surface area contributed by atoms with Crippen LogP contribution in [-0.2, 0) is 4.74 Å². The van der Waals surface area contributed by atoms with Gasteiger partial charge in [-0.05, 0) is 46.5 Å². The predicted octanol–water partition coefficient (Wildman–Crippen LogP) is 4.34. The van der Waals surface area contributed by atoms with Crippen LogP contribution in [0.3, 0.4) is 0 Å². The molecule has 3 rings (SSSR count). The lowest BCUT2D eigenvalue weighted by Crippen LogP contribution is -2.36. The Morgan fingerprint density at radius 3 is 2.34 bits per heavy atom. The third-order valence-corrected chi connectivity index (χ3v) is 4.69. The Morgan fingerprint density at radius 2 is 1.72 bits per heavy atom. The molecule has 3 aromatic rings. The van der Waals surface area contributed by atoms with E-state index in [-0.39, 0.29) is 6.04 Å². The highest BCUT2D eigenvalue weighted by molar-refractivity contribution is 5.69. The number of hydrogen-bond acceptors (Lipinski definition) is 7. The molecule has 2 atom stereocenters. The molecular weight excluding hydrogens is 408 g/mol. The number of ether oxygens (including phenoxy) is 2. The molecule has 170 valence electrons. The topological polar surface area (TPSA) is 89.7 Å². The number of benzene rings is 2. The number of carbonyl (C=O) groups excluding carboxylic acids is 1. The second-order valence-corrected chi connectivity index (χ2v) is 8.59. The Labute approximate surface area is 188 Å². The zero-order chi connectivity index (χ0) is 23.3. The first kappa shape index (κ1) is 23.3. The molecule has 32 heavy (non-hydrogen) atoms. The van der Waals surface area contributed by atoms with Gasteiger partial charge in [0.1, 0.15) is 23.4 Å². The highest BCUT2D eigenvalue weighted by Crippen LogP contribution is 2.31. The fourth-order valence-corrected chi connectivity index (χ4v) is 3.38. The van der Waals surface area contributed by atoms with E-state index >= 15 is 0 Å². The number of hydrogen-bond donors (Lipinski definition) is 1. The van der Waals surface area contributed by atoms with Crippen LogP contribution in [0.15, 0.2) is 59.1 Å². The number of nitrogens with zero attached hydrogens (tertiary/aromatic N) is 3. The number of methoxy groups -OCH3 is 1. The Morgan fingerprint density at radius 1 is 1.06 bits per heavy atom. The number of para-hydroxylation sites is 1. The summed E-state index contributed by atoms with van der Waals surface area (Å²) < 4.78 is 16.6. The van der Waals surface area contributed by atoms with Gasteiger partial charge in [0.2, 0.25) is 5.89 Å². The van der Waals surface area contributed by atoms with E-state index in [1.165, 1.54) is 0 Å². The van der Waals surface area contributed by atoms with Crippen molar-refractivity contribution in [3.05, 3.63) is 77.4 Å². The van der Waals surface area contributed by atoms with Crippen molar-refractivity contribution >= 4 is 6.09 Å². The molecule has 0 saturated heterocycles. The summed E-state index contributed by atoms with van der Waals surface area (Å²) in [5, 5.41) is 7.07. The number of alkyl carbamates (subject to hydrolysis) is 1. The molecule has 0 saturated carbocycles. The molecule has 0 bridgehead atoms. The summed E-state index contributed by atoms with van der Waals surface area (Å²) in [5.74, 6) is 1.31. The van der Waals surface area contributed by atoms with Gasteiger partial charge < -0.3 is 19.3 Å². The zero-order valence-corrected chi connectivity index (χ0v) is 19.3. The van der Waals surface area contributed by atoms with Gasteiger partial charge in [0.25, 0.3) is 0 Å². The summed E-state index contributed by atoms with van der Waals surface area (Å²) in [6, 6.07) is 16.3. The minimum absolute atomic E-state index is 0.239. The Balaban J connectivity index is 2.00. The average Bonchev–Trinajstić information content (AvgIpc) is 3.20. The molecule has 0 aliphatic heterocycles. The standard InChI is InChI=1S/C24H30N4O4/c1-24(2,3)31-23(29)25-19(17-14-10-11-15-18(17)30-6)21-26-22(32-27-21)20(28(4)5)16-12-8-7-9-13-16/h7-15,19-20H,1-6H3,(H,25,29). The number of nitrogens with one attached hydrogen (secondary N) is 1. The maximum atomic E-state index is 12.6. The van der Waals surface area contributed by atoms with E-state index in [1.54, 1.807) is 27.9 Å². The smallest absolute Gasteiger partial charge is 0.408 e. The van der Waals surface area contributed by atoms with E-state index in [9.17, 15) is 4.79 Å². The fraction of sp³-hybridized carbons (Fsp3) is 0.375. The first-order chi connectivity index (χ1) is 15.2. The van der Waals surface area contributed by atoms with Gasteiger partial charge in [-0.15, -0.1) is 0 Å². The minimum atomic E-state index is -0.725. The molecule has 0 radical (unpaired) electrons. The van der Waals surface area contributed by atoms with Gasteiger partial charge in [-0.1, -0.05) is 53.7 Å². The number of carbonyl (C=O) groups is 1. The van der Waals surface area contributed by atoms with E-state index in [0.29, 0.717) is 23.0 Å². The van der Waals surface area contributed by atoms with Crippen LogP contribution < -0.4 is 10.1 Å². The van der Waals surface area contributed by atoms with Crippen LogP contribution in [-0.4, -0.2) is 47.9 Å². The molecule has 2 aromatic carbocycles. The Bertz CT molecular complexity index is 1030. The summed E-state index contributed by atoms with van der Waals surface area (Å²) in [6.45, 7) is 5.41. The lowest BCUT2D eigenvalue weighted by molar-refractivity contribution is 0.0509. The first-order valence-corrected chi connectivity index (χ1v) is 10.4. The van der Waals surface area contributed by atoms with Crippen LogP contribution in [0.2, 0.25) is 0 Å². The molecule has 0 aliphatic rings. The third kappa shape index (κ3) is 5.64.